The van der Waals surface area contributed by atoms with Crippen molar-refractivity contribution in [1.82, 2.24) is 4.31 Å². The van der Waals surface area contributed by atoms with Gasteiger partial charge in [-0.25, -0.2) is 8.42 Å². The van der Waals surface area contributed by atoms with Crippen LogP contribution in [0.3, 0.4) is 0 Å². The van der Waals surface area contributed by atoms with E-state index in [1.807, 2.05) is 32.0 Å². The van der Waals surface area contributed by atoms with Crippen LogP contribution in [0.15, 0.2) is 39.6 Å². The van der Waals surface area contributed by atoms with Crippen LogP contribution >= 0.6 is 0 Å². The lowest BCUT2D eigenvalue weighted by Gasteiger charge is -2.15. The molecule has 5 heteroatoms. The van der Waals surface area contributed by atoms with E-state index >= 15 is 0 Å². The van der Waals surface area contributed by atoms with Gasteiger partial charge in [0.25, 0.3) is 0 Å². The van der Waals surface area contributed by atoms with Crippen LogP contribution in [-0.2, 0) is 23.1 Å². The number of nitrogens with zero attached hydrogens (tertiary/aromatic N) is 1. The van der Waals surface area contributed by atoms with Gasteiger partial charge in [0.1, 0.15) is 11.5 Å². The summed E-state index contributed by atoms with van der Waals surface area (Å²) >= 11 is 0. The summed E-state index contributed by atoms with van der Waals surface area (Å²) in [5.41, 5.74) is 2.01. The lowest BCUT2D eigenvalue weighted by Crippen LogP contribution is -2.25. The van der Waals surface area contributed by atoms with Crippen molar-refractivity contribution < 1.29 is 12.8 Å². The Hall–Kier alpha value is -1.59. The summed E-state index contributed by atoms with van der Waals surface area (Å²) in [4.78, 5) is 0.333. The minimum Gasteiger partial charge on any atom is -0.465 e. The van der Waals surface area contributed by atoms with Crippen molar-refractivity contribution in [2.75, 3.05) is 0 Å². The first-order chi connectivity index (χ1) is 8.96. The van der Waals surface area contributed by atoms with Crippen LogP contribution in [-0.4, -0.2) is 12.7 Å². The normalized spacial score (nSPS) is 15.7. The molecule has 0 atom stereocenters. The molecule has 0 fully saturated rings. The van der Waals surface area contributed by atoms with Gasteiger partial charge in [-0.3, -0.25) is 0 Å². The Kier molecular flexibility index (Phi) is 2.76. The third kappa shape index (κ3) is 2.09. The molecule has 0 saturated carbocycles. The maximum Gasteiger partial charge on any atom is 0.243 e. The van der Waals surface area contributed by atoms with Gasteiger partial charge in [0.2, 0.25) is 10.0 Å². The zero-order valence-corrected chi connectivity index (χ0v) is 11.7. The van der Waals surface area contributed by atoms with Gasteiger partial charge >= 0.3 is 0 Å². The minimum atomic E-state index is -3.43. The Morgan fingerprint density at radius 1 is 1.11 bits per heavy atom. The second-order valence-electron chi connectivity index (χ2n) is 4.89. The average Bonchev–Trinajstić information content (AvgIpc) is 2.87. The van der Waals surface area contributed by atoms with Crippen molar-refractivity contribution in [3.63, 3.8) is 0 Å². The van der Waals surface area contributed by atoms with E-state index in [1.54, 1.807) is 12.1 Å². The van der Waals surface area contributed by atoms with Crippen molar-refractivity contribution in [3.05, 3.63) is 53.0 Å². The summed E-state index contributed by atoms with van der Waals surface area (Å²) < 4.78 is 31.9. The molecule has 1 aromatic carbocycles. The van der Waals surface area contributed by atoms with Crippen LogP contribution in [0.4, 0.5) is 0 Å². The highest BCUT2D eigenvalue weighted by Crippen LogP contribution is 2.30. The summed E-state index contributed by atoms with van der Waals surface area (Å²) in [5, 5.41) is 0. The standard InChI is InChI=1S/C14H15NO3S/c1-10-3-5-13(6-4-10)19(16,17)15-8-12-7-11(2)18-14(12)9-15/h3-7H,8-9H2,1-2H3. The summed E-state index contributed by atoms with van der Waals surface area (Å²) in [6, 6.07) is 8.82. The monoisotopic (exact) mass is 277 g/mol. The summed E-state index contributed by atoms with van der Waals surface area (Å²) in [6.45, 7) is 4.52. The third-order valence-corrected chi connectivity index (χ3v) is 5.15. The lowest BCUT2D eigenvalue weighted by molar-refractivity contribution is 0.391. The number of furan rings is 1. The predicted octanol–water partition coefficient (Wildman–Crippen LogP) is 2.60. The number of hydrogen-bond acceptors (Lipinski definition) is 3. The number of fused-ring (bicyclic) bond motifs is 1. The van der Waals surface area contributed by atoms with Crippen LogP contribution in [0.2, 0.25) is 0 Å². The molecule has 0 aliphatic carbocycles. The highest BCUT2D eigenvalue weighted by atomic mass is 32.2. The molecule has 0 radical (unpaired) electrons. The summed E-state index contributed by atoms with van der Waals surface area (Å²) in [6.07, 6.45) is 0. The van der Waals surface area contributed by atoms with E-state index in [0.29, 0.717) is 18.0 Å². The molecule has 0 N–H and O–H groups in total. The second-order valence-corrected chi connectivity index (χ2v) is 6.83. The summed E-state index contributed by atoms with van der Waals surface area (Å²) in [7, 11) is -3.43. The Morgan fingerprint density at radius 2 is 1.79 bits per heavy atom. The molecule has 1 aliphatic heterocycles. The van der Waals surface area contributed by atoms with E-state index in [4.69, 9.17) is 4.42 Å². The molecule has 1 aliphatic rings. The van der Waals surface area contributed by atoms with Gasteiger partial charge in [-0.1, -0.05) is 17.7 Å². The number of hydrogen-bond donors (Lipinski definition) is 0. The third-order valence-electron chi connectivity index (χ3n) is 3.35. The molecule has 0 bridgehead atoms. The van der Waals surface area contributed by atoms with Crippen molar-refractivity contribution in [3.8, 4) is 0 Å². The van der Waals surface area contributed by atoms with Gasteiger partial charge in [-0.05, 0) is 32.0 Å². The Morgan fingerprint density at radius 3 is 2.42 bits per heavy atom. The van der Waals surface area contributed by atoms with Crippen LogP contribution < -0.4 is 0 Å². The fourth-order valence-corrected chi connectivity index (χ4v) is 3.69. The van der Waals surface area contributed by atoms with Crippen LogP contribution in [0.5, 0.6) is 0 Å². The number of sulfonamides is 1. The molecule has 1 aromatic heterocycles. The number of aryl methyl sites for hydroxylation is 2. The van der Waals surface area contributed by atoms with Crippen molar-refractivity contribution >= 4 is 10.0 Å². The van der Waals surface area contributed by atoms with E-state index in [-0.39, 0.29) is 0 Å². The van der Waals surface area contributed by atoms with Crippen molar-refractivity contribution in [2.24, 2.45) is 0 Å². The summed E-state index contributed by atoms with van der Waals surface area (Å²) in [5.74, 6) is 1.59. The predicted molar refractivity (Wildman–Crippen MR) is 71.1 cm³/mol. The van der Waals surface area contributed by atoms with E-state index in [1.165, 1.54) is 4.31 Å². The van der Waals surface area contributed by atoms with Crippen LogP contribution in [0.25, 0.3) is 0 Å². The number of rotatable bonds is 2. The molecule has 0 saturated heterocycles. The molecule has 0 unspecified atom stereocenters. The minimum absolute atomic E-state index is 0.319. The maximum absolute atomic E-state index is 12.5. The zero-order valence-electron chi connectivity index (χ0n) is 10.9. The first-order valence-corrected chi connectivity index (χ1v) is 7.56. The maximum atomic E-state index is 12.5. The Balaban J connectivity index is 1.91. The molecule has 4 nitrogen and oxygen atoms in total. The Bertz CT molecular complexity index is 690. The smallest absolute Gasteiger partial charge is 0.243 e. The molecule has 2 heterocycles. The van der Waals surface area contributed by atoms with Gasteiger partial charge in [-0.15, -0.1) is 0 Å². The molecule has 3 rings (SSSR count). The first kappa shape index (κ1) is 12.4. The highest BCUT2D eigenvalue weighted by molar-refractivity contribution is 7.89. The topological polar surface area (TPSA) is 50.5 Å². The van der Waals surface area contributed by atoms with Crippen LogP contribution in [0, 0.1) is 13.8 Å². The van der Waals surface area contributed by atoms with Crippen molar-refractivity contribution in [2.45, 2.75) is 31.8 Å². The largest absolute Gasteiger partial charge is 0.465 e. The van der Waals surface area contributed by atoms with Gasteiger partial charge in [0, 0.05) is 12.1 Å². The van der Waals surface area contributed by atoms with E-state index < -0.39 is 10.0 Å². The fraction of sp³-hybridized carbons (Fsp3) is 0.286. The molecule has 0 amide bonds. The average molecular weight is 277 g/mol. The van der Waals surface area contributed by atoms with Gasteiger partial charge < -0.3 is 4.42 Å². The van der Waals surface area contributed by atoms with E-state index in [2.05, 4.69) is 0 Å². The van der Waals surface area contributed by atoms with E-state index in [9.17, 15) is 8.42 Å². The SMILES string of the molecule is Cc1ccc(S(=O)(=O)N2Cc3cc(C)oc3C2)cc1. The molecule has 100 valence electrons. The van der Waals surface area contributed by atoms with Gasteiger partial charge in [-0.2, -0.15) is 4.31 Å². The molecule has 0 spiro atoms. The molecular weight excluding hydrogens is 262 g/mol. The molecule has 19 heavy (non-hydrogen) atoms. The number of benzene rings is 1. The zero-order chi connectivity index (χ0) is 13.6. The lowest BCUT2D eigenvalue weighted by atomic mass is 10.2. The Labute approximate surface area is 112 Å². The quantitative estimate of drug-likeness (QED) is 0.847. The van der Waals surface area contributed by atoms with Crippen LogP contribution in [0.1, 0.15) is 22.6 Å². The second kappa shape index (κ2) is 4.21. The van der Waals surface area contributed by atoms with E-state index in [0.717, 1.165) is 22.6 Å². The molecular formula is C14H15NO3S. The highest BCUT2D eigenvalue weighted by Gasteiger charge is 2.32. The van der Waals surface area contributed by atoms with Gasteiger partial charge in [0.05, 0.1) is 11.4 Å². The van der Waals surface area contributed by atoms with Gasteiger partial charge in [0.15, 0.2) is 0 Å². The first-order valence-electron chi connectivity index (χ1n) is 6.12. The fourth-order valence-electron chi connectivity index (χ4n) is 2.32. The molecule has 2 aromatic rings. The van der Waals surface area contributed by atoms with Crippen molar-refractivity contribution in [1.29, 1.82) is 0 Å².